The van der Waals surface area contributed by atoms with Crippen molar-refractivity contribution in [3.63, 3.8) is 0 Å². The van der Waals surface area contributed by atoms with E-state index in [1.807, 2.05) is 40.8 Å². The summed E-state index contributed by atoms with van der Waals surface area (Å²) in [6, 6.07) is 5.76. The number of amides is 1. The molecule has 7 nitrogen and oxygen atoms in total. The molecule has 4 rings (SSSR count). The highest BCUT2D eigenvalue weighted by Crippen LogP contribution is 2.36. The third kappa shape index (κ3) is 5.31. The lowest BCUT2D eigenvalue weighted by Crippen LogP contribution is -2.41. The Bertz CT molecular complexity index is 1330. The maximum absolute atomic E-state index is 13.7. The molecule has 194 valence electrons. The van der Waals surface area contributed by atoms with Crippen molar-refractivity contribution in [3.8, 4) is 11.1 Å². The Hall–Kier alpha value is -2.42. The minimum absolute atomic E-state index is 0.000518. The molecule has 1 aliphatic heterocycles. The largest absolute Gasteiger partial charge is 0.415 e. The van der Waals surface area contributed by atoms with E-state index in [2.05, 4.69) is 38.8 Å². The summed E-state index contributed by atoms with van der Waals surface area (Å²) in [5.74, 6) is -0.0400. The number of carbonyl (C=O) groups excluding carboxylic acids is 1. The molecule has 0 radical (unpaired) electrons. The van der Waals surface area contributed by atoms with Gasteiger partial charge in [0.05, 0.1) is 12.0 Å². The van der Waals surface area contributed by atoms with E-state index in [-0.39, 0.29) is 23.0 Å². The number of likely N-dealkylation sites (tertiary alicyclic amines) is 1. The van der Waals surface area contributed by atoms with E-state index < -0.39 is 8.32 Å². The van der Waals surface area contributed by atoms with Crippen molar-refractivity contribution < 1.29 is 9.22 Å². The number of hydrogen-bond donors (Lipinski definition) is 0. The van der Waals surface area contributed by atoms with E-state index >= 15 is 0 Å². The third-order valence-electron chi connectivity index (χ3n) is 7.68. The molecule has 0 spiro atoms. The highest BCUT2D eigenvalue weighted by molar-refractivity contribution is 6.74. The van der Waals surface area contributed by atoms with Gasteiger partial charge in [-0.1, -0.05) is 38.4 Å². The van der Waals surface area contributed by atoms with E-state index in [1.165, 1.54) is 10.9 Å². The number of halogens is 1. The first-order valence-electron chi connectivity index (χ1n) is 12.7. The van der Waals surface area contributed by atoms with Crippen LogP contribution >= 0.6 is 11.6 Å². The van der Waals surface area contributed by atoms with Crippen molar-refractivity contribution in [1.29, 1.82) is 0 Å². The molecule has 0 N–H and O–H groups in total. The van der Waals surface area contributed by atoms with Crippen LogP contribution in [0.4, 0.5) is 0 Å². The number of aromatic nitrogens is 3. The Balaban J connectivity index is 1.72. The average molecular weight is 529 g/mol. The molecule has 2 aromatic heterocycles. The SMILES string of the molecule is Cc1cc(-c2cn(CCO[Si](C)(C)C(C)(C)C)c3ncn(CC(=O)N4CCCC4)c(=O)c23)ccc1Cl. The van der Waals surface area contributed by atoms with Gasteiger partial charge in [-0.25, -0.2) is 4.98 Å². The van der Waals surface area contributed by atoms with Crippen LogP contribution in [0.15, 0.2) is 35.5 Å². The zero-order chi connectivity index (χ0) is 26.3. The Kier molecular flexibility index (Phi) is 7.51. The Morgan fingerprint density at radius 1 is 1.17 bits per heavy atom. The molecule has 3 heterocycles. The first-order valence-corrected chi connectivity index (χ1v) is 15.9. The van der Waals surface area contributed by atoms with Crippen molar-refractivity contribution >= 4 is 36.9 Å². The Morgan fingerprint density at radius 3 is 2.50 bits per heavy atom. The van der Waals surface area contributed by atoms with Crippen molar-refractivity contribution in [2.75, 3.05) is 19.7 Å². The quantitative estimate of drug-likeness (QED) is 0.381. The van der Waals surface area contributed by atoms with Crippen LogP contribution in [0.3, 0.4) is 0 Å². The molecule has 0 atom stereocenters. The molecule has 1 saturated heterocycles. The summed E-state index contributed by atoms with van der Waals surface area (Å²) >= 11 is 6.28. The van der Waals surface area contributed by atoms with E-state index in [0.29, 0.717) is 29.2 Å². The van der Waals surface area contributed by atoms with Crippen molar-refractivity contribution in [2.45, 2.75) is 71.8 Å². The second-order valence-corrected chi connectivity index (χ2v) is 16.5. The van der Waals surface area contributed by atoms with E-state index in [9.17, 15) is 9.59 Å². The molecule has 36 heavy (non-hydrogen) atoms. The standard InChI is InChI=1S/C27H37ClN4O3Si/c1-19-15-20(9-10-22(19)28)21-16-31(13-14-35-36(5,6)27(2,3)4)25-24(21)26(34)32(18-29-25)17-23(33)30-11-7-8-12-30/h9-10,15-16,18H,7-8,11-14,17H2,1-6H3. The van der Waals surface area contributed by atoms with Crippen LogP contribution in [0.2, 0.25) is 23.2 Å². The van der Waals surface area contributed by atoms with Crippen LogP contribution < -0.4 is 5.56 Å². The predicted molar refractivity (Wildman–Crippen MR) is 148 cm³/mol. The second-order valence-electron chi connectivity index (χ2n) is 11.3. The molecule has 9 heteroatoms. The van der Waals surface area contributed by atoms with Crippen LogP contribution in [0.1, 0.15) is 39.2 Å². The minimum Gasteiger partial charge on any atom is -0.415 e. The summed E-state index contributed by atoms with van der Waals surface area (Å²) < 4.78 is 9.83. The van der Waals surface area contributed by atoms with Crippen LogP contribution in [0, 0.1) is 6.92 Å². The zero-order valence-corrected chi connectivity index (χ0v) is 24.0. The van der Waals surface area contributed by atoms with Crippen LogP contribution in [-0.4, -0.2) is 52.9 Å². The molecule has 1 amide bonds. The normalized spacial score (nSPS) is 14.7. The molecule has 1 aromatic carbocycles. The van der Waals surface area contributed by atoms with Crippen molar-refractivity contribution in [2.24, 2.45) is 0 Å². The summed E-state index contributed by atoms with van der Waals surface area (Å²) in [4.78, 5) is 32.9. The van der Waals surface area contributed by atoms with Gasteiger partial charge in [0.15, 0.2) is 8.32 Å². The van der Waals surface area contributed by atoms with Gasteiger partial charge in [0.1, 0.15) is 18.5 Å². The molecule has 1 aliphatic rings. The van der Waals surface area contributed by atoms with Gasteiger partial charge >= 0.3 is 0 Å². The predicted octanol–water partition coefficient (Wildman–Crippen LogP) is 5.47. The molecule has 1 fully saturated rings. The number of nitrogens with zero attached hydrogens (tertiary/aromatic N) is 4. The molecular weight excluding hydrogens is 492 g/mol. The number of fused-ring (bicyclic) bond motifs is 1. The molecule has 0 bridgehead atoms. The summed E-state index contributed by atoms with van der Waals surface area (Å²) in [6.45, 7) is 15.7. The summed E-state index contributed by atoms with van der Waals surface area (Å²) in [5, 5.41) is 1.31. The van der Waals surface area contributed by atoms with E-state index in [1.54, 1.807) is 0 Å². The second kappa shape index (κ2) is 10.1. The minimum atomic E-state index is -1.90. The fourth-order valence-electron chi connectivity index (χ4n) is 4.36. The molecule has 3 aromatic rings. The van der Waals surface area contributed by atoms with Gasteiger partial charge in [-0.05, 0) is 61.2 Å². The van der Waals surface area contributed by atoms with Gasteiger partial charge in [-0.15, -0.1) is 0 Å². The molecular formula is C27H37ClN4O3Si. The first-order chi connectivity index (χ1) is 16.9. The third-order valence-corrected chi connectivity index (χ3v) is 12.6. The zero-order valence-electron chi connectivity index (χ0n) is 22.2. The van der Waals surface area contributed by atoms with Gasteiger partial charge in [0, 0.05) is 36.4 Å². The number of carbonyl (C=O) groups is 1. The smallest absolute Gasteiger partial charge is 0.263 e. The lowest BCUT2D eigenvalue weighted by atomic mass is 10.0. The summed E-state index contributed by atoms with van der Waals surface area (Å²) in [7, 11) is -1.90. The van der Waals surface area contributed by atoms with Crippen LogP contribution in [-0.2, 0) is 22.3 Å². The molecule has 0 unspecified atom stereocenters. The number of hydrogen-bond acceptors (Lipinski definition) is 4. The highest BCUT2D eigenvalue weighted by Gasteiger charge is 2.37. The Morgan fingerprint density at radius 2 is 1.86 bits per heavy atom. The van der Waals surface area contributed by atoms with Gasteiger partial charge in [-0.3, -0.25) is 14.2 Å². The number of rotatable bonds is 7. The maximum atomic E-state index is 13.7. The number of benzene rings is 1. The maximum Gasteiger partial charge on any atom is 0.263 e. The van der Waals surface area contributed by atoms with Gasteiger partial charge in [-0.2, -0.15) is 0 Å². The van der Waals surface area contributed by atoms with Crippen LogP contribution in [0.25, 0.3) is 22.2 Å². The summed E-state index contributed by atoms with van der Waals surface area (Å²) in [6.07, 6.45) is 5.50. The summed E-state index contributed by atoms with van der Waals surface area (Å²) in [5.41, 5.74) is 3.02. The fraction of sp³-hybridized carbons (Fsp3) is 0.519. The topological polar surface area (TPSA) is 69.4 Å². The average Bonchev–Trinajstić information content (AvgIpc) is 3.46. The van der Waals surface area contributed by atoms with Crippen molar-refractivity contribution in [3.05, 3.63) is 51.7 Å². The Labute approximate surface area is 219 Å². The number of aryl methyl sites for hydroxylation is 1. The fourth-order valence-corrected chi connectivity index (χ4v) is 5.51. The lowest BCUT2D eigenvalue weighted by molar-refractivity contribution is -0.130. The molecule has 0 aliphatic carbocycles. The lowest BCUT2D eigenvalue weighted by Gasteiger charge is -2.36. The monoisotopic (exact) mass is 528 g/mol. The molecule has 0 saturated carbocycles. The van der Waals surface area contributed by atoms with Crippen molar-refractivity contribution in [1.82, 2.24) is 19.0 Å². The first kappa shape index (κ1) is 26.6. The van der Waals surface area contributed by atoms with Gasteiger partial charge in [0.2, 0.25) is 5.91 Å². The van der Waals surface area contributed by atoms with E-state index in [4.69, 9.17) is 16.0 Å². The van der Waals surface area contributed by atoms with E-state index in [0.717, 1.165) is 42.6 Å². The van der Waals surface area contributed by atoms with Gasteiger partial charge in [0.25, 0.3) is 5.56 Å². The van der Waals surface area contributed by atoms with Crippen LogP contribution in [0.5, 0.6) is 0 Å². The van der Waals surface area contributed by atoms with Gasteiger partial charge < -0.3 is 13.9 Å². The highest BCUT2D eigenvalue weighted by atomic mass is 35.5.